The standard InChI is InChI=1S/C18H24N6O/c25-17(22-10-2-6-16(14-22)24-12-4-9-21-24)15-5-1-11-23(13-15)18-19-7-3-8-20-18/h3-4,7-9,12,15-16H,1-2,5-6,10-11,13-14H2/t15-,16-/m0/s1. The second kappa shape index (κ2) is 7.21. The molecule has 0 N–H and O–H groups in total. The number of hydrogen-bond donors (Lipinski definition) is 0. The molecule has 0 saturated carbocycles. The highest BCUT2D eigenvalue weighted by atomic mass is 16.2. The summed E-state index contributed by atoms with van der Waals surface area (Å²) in [6, 6.07) is 4.06. The summed E-state index contributed by atoms with van der Waals surface area (Å²) >= 11 is 0. The van der Waals surface area contributed by atoms with Gasteiger partial charge < -0.3 is 9.80 Å². The highest BCUT2D eigenvalue weighted by molar-refractivity contribution is 5.79. The number of rotatable bonds is 3. The lowest BCUT2D eigenvalue weighted by molar-refractivity contribution is -0.137. The number of likely N-dealkylation sites (tertiary alicyclic amines) is 1. The predicted octanol–water partition coefficient (Wildman–Crippen LogP) is 1.75. The first-order valence-electron chi connectivity index (χ1n) is 9.11. The number of piperidine rings is 2. The van der Waals surface area contributed by atoms with Crippen LogP contribution in [0.4, 0.5) is 5.95 Å². The van der Waals surface area contributed by atoms with Crippen LogP contribution in [0.3, 0.4) is 0 Å². The SMILES string of the molecule is O=C([C@H]1CCCN(c2ncccn2)C1)N1CCC[C@H](n2cccn2)C1. The smallest absolute Gasteiger partial charge is 0.227 e. The molecule has 1 amide bonds. The Hall–Kier alpha value is -2.44. The van der Waals surface area contributed by atoms with Crippen molar-refractivity contribution in [1.29, 1.82) is 0 Å². The molecule has 25 heavy (non-hydrogen) atoms. The lowest BCUT2D eigenvalue weighted by Crippen LogP contribution is -2.48. The van der Waals surface area contributed by atoms with Gasteiger partial charge in [-0.2, -0.15) is 5.10 Å². The molecule has 0 aliphatic carbocycles. The minimum Gasteiger partial charge on any atom is -0.340 e. The van der Waals surface area contributed by atoms with Crippen molar-refractivity contribution in [3.05, 3.63) is 36.9 Å². The third-order valence-corrected chi connectivity index (χ3v) is 5.21. The Kier molecular flexibility index (Phi) is 4.63. The Morgan fingerprint density at radius 3 is 2.64 bits per heavy atom. The molecule has 7 heteroatoms. The molecule has 0 aromatic carbocycles. The average Bonchev–Trinajstić information content (AvgIpc) is 3.23. The Balaban J connectivity index is 1.41. The predicted molar refractivity (Wildman–Crippen MR) is 94.0 cm³/mol. The van der Waals surface area contributed by atoms with Crippen molar-refractivity contribution in [3.8, 4) is 0 Å². The largest absolute Gasteiger partial charge is 0.340 e. The van der Waals surface area contributed by atoms with Crippen LogP contribution in [0, 0.1) is 5.92 Å². The van der Waals surface area contributed by atoms with Gasteiger partial charge in [0.2, 0.25) is 11.9 Å². The van der Waals surface area contributed by atoms with Crippen molar-refractivity contribution in [1.82, 2.24) is 24.6 Å². The molecule has 4 heterocycles. The summed E-state index contributed by atoms with van der Waals surface area (Å²) in [6.45, 7) is 3.25. The minimum absolute atomic E-state index is 0.0360. The Bertz CT molecular complexity index is 689. The fraction of sp³-hybridized carbons (Fsp3) is 0.556. The lowest BCUT2D eigenvalue weighted by atomic mass is 9.95. The van der Waals surface area contributed by atoms with Crippen LogP contribution in [-0.2, 0) is 4.79 Å². The third-order valence-electron chi connectivity index (χ3n) is 5.21. The van der Waals surface area contributed by atoms with E-state index in [2.05, 4.69) is 20.0 Å². The molecular weight excluding hydrogens is 316 g/mol. The van der Waals surface area contributed by atoms with Crippen molar-refractivity contribution in [2.45, 2.75) is 31.7 Å². The van der Waals surface area contributed by atoms with Gasteiger partial charge in [-0.05, 0) is 37.8 Å². The quantitative estimate of drug-likeness (QED) is 0.852. The van der Waals surface area contributed by atoms with Gasteiger partial charge in [-0.15, -0.1) is 0 Å². The summed E-state index contributed by atoms with van der Waals surface area (Å²) < 4.78 is 1.99. The van der Waals surface area contributed by atoms with Crippen LogP contribution in [0.25, 0.3) is 0 Å². The van der Waals surface area contributed by atoms with Crippen molar-refractivity contribution < 1.29 is 4.79 Å². The van der Waals surface area contributed by atoms with E-state index >= 15 is 0 Å². The number of carbonyl (C=O) groups is 1. The van der Waals surface area contributed by atoms with Gasteiger partial charge in [-0.1, -0.05) is 0 Å². The number of amides is 1. The van der Waals surface area contributed by atoms with Crippen LogP contribution >= 0.6 is 0 Å². The van der Waals surface area contributed by atoms with Crippen LogP contribution in [0.2, 0.25) is 0 Å². The molecule has 2 saturated heterocycles. The third kappa shape index (κ3) is 3.50. The van der Waals surface area contributed by atoms with Crippen molar-refractivity contribution in [2.75, 3.05) is 31.1 Å². The molecule has 7 nitrogen and oxygen atoms in total. The Morgan fingerprint density at radius 2 is 1.84 bits per heavy atom. The van der Waals surface area contributed by atoms with Crippen LogP contribution in [0.15, 0.2) is 36.9 Å². The molecule has 2 atom stereocenters. The van der Waals surface area contributed by atoms with Gasteiger partial charge in [0, 0.05) is 51.0 Å². The second-order valence-corrected chi connectivity index (χ2v) is 6.90. The first kappa shape index (κ1) is 16.1. The number of nitrogens with zero attached hydrogens (tertiary/aromatic N) is 6. The van der Waals surface area contributed by atoms with Crippen LogP contribution in [0.5, 0.6) is 0 Å². The van der Waals surface area contributed by atoms with E-state index in [-0.39, 0.29) is 11.8 Å². The van der Waals surface area contributed by atoms with E-state index in [0.29, 0.717) is 12.6 Å². The Morgan fingerprint density at radius 1 is 1.00 bits per heavy atom. The van der Waals surface area contributed by atoms with Gasteiger partial charge in [0.05, 0.1) is 12.0 Å². The minimum atomic E-state index is 0.0360. The van der Waals surface area contributed by atoms with Crippen LogP contribution < -0.4 is 4.90 Å². The van der Waals surface area contributed by atoms with E-state index in [4.69, 9.17) is 0 Å². The van der Waals surface area contributed by atoms with Gasteiger partial charge >= 0.3 is 0 Å². The maximum atomic E-state index is 13.1. The van der Waals surface area contributed by atoms with Crippen molar-refractivity contribution in [3.63, 3.8) is 0 Å². The number of aromatic nitrogens is 4. The summed E-state index contributed by atoms with van der Waals surface area (Å²) in [6.07, 6.45) is 11.4. The molecule has 2 aliphatic heterocycles. The molecular formula is C18H24N6O. The maximum absolute atomic E-state index is 13.1. The van der Waals surface area contributed by atoms with Gasteiger partial charge in [0.25, 0.3) is 0 Å². The topological polar surface area (TPSA) is 67.2 Å². The highest BCUT2D eigenvalue weighted by Crippen LogP contribution is 2.26. The summed E-state index contributed by atoms with van der Waals surface area (Å²) in [5.74, 6) is 1.04. The molecule has 0 bridgehead atoms. The molecule has 0 spiro atoms. The molecule has 2 aromatic rings. The van der Waals surface area contributed by atoms with E-state index in [9.17, 15) is 4.79 Å². The molecule has 2 fully saturated rings. The number of carbonyl (C=O) groups excluding carboxylic acids is 1. The summed E-state index contributed by atoms with van der Waals surface area (Å²) in [5, 5.41) is 4.35. The molecule has 2 aromatic heterocycles. The van der Waals surface area contributed by atoms with E-state index in [1.54, 1.807) is 18.6 Å². The zero-order valence-corrected chi connectivity index (χ0v) is 14.4. The van der Waals surface area contributed by atoms with E-state index in [0.717, 1.165) is 51.3 Å². The summed E-state index contributed by atoms with van der Waals surface area (Å²) in [4.78, 5) is 25.9. The molecule has 0 radical (unpaired) electrons. The average molecular weight is 340 g/mol. The van der Waals surface area contributed by atoms with E-state index < -0.39 is 0 Å². The van der Waals surface area contributed by atoms with Gasteiger partial charge in [-0.25, -0.2) is 9.97 Å². The molecule has 4 rings (SSSR count). The first-order valence-corrected chi connectivity index (χ1v) is 9.11. The normalized spacial score (nSPS) is 24.3. The van der Waals surface area contributed by atoms with Gasteiger partial charge in [0.1, 0.15) is 0 Å². The van der Waals surface area contributed by atoms with E-state index in [1.165, 1.54) is 0 Å². The summed E-state index contributed by atoms with van der Waals surface area (Å²) in [7, 11) is 0. The molecule has 132 valence electrons. The number of hydrogen-bond acceptors (Lipinski definition) is 5. The molecule has 0 unspecified atom stereocenters. The van der Waals surface area contributed by atoms with Crippen molar-refractivity contribution in [2.24, 2.45) is 5.92 Å². The zero-order chi connectivity index (χ0) is 17.1. The fourth-order valence-corrected chi connectivity index (χ4v) is 3.94. The monoisotopic (exact) mass is 340 g/mol. The van der Waals surface area contributed by atoms with Gasteiger partial charge in [0.15, 0.2) is 0 Å². The molecule has 2 aliphatic rings. The van der Waals surface area contributed by atoms with Crippen molar-refractivity contribution >= 4 is 11.9 Å². The lowest BCUT2D eigenvalue weighted by Gasteiger charge is -2.38. The second-order valence-electron chi connectivity index (χ2n) is 6.90. The fourth-order valence-electron chi connectivity index (χ4n) is 3.94. The van der Waals surface area contributed by atoms with E-state index in [1.807, 2.05) is 27.9 Å². The highest BCUT2D eigenvalue weighted by Gasteiger charge is 2.33. The summed E-state index contributed by atoms with van der Waals surface area (Å²) in [5.41, 5.74) is 0. The first-order chi connectivity index (χ1) is 12.3. The van der Waals surface area contributed by atoms with Crippen LogP contribution in [0.1, 0.15) is 31.7 Å². The number of anilines is 1. The maximum Gasteiger partial charge on any atom is 0.227 e. The van der Waals surface area contributed by atoms with Gasteiger partial charge in [-0.3, -0.25) is 9.48 Å². The Labute approximate surface area is 147 Å². The zero-order valence-electron chi connectivity index (χ0n) is 14.4. The van der Waals surface area contributed by atoms with Crippen LogP contribution in [-0.4, -0.2) is 56.7 Å².